The molecular weight excluding hydrogens is 340 g/mol. The minimum atomic E-state index is -0.0493. The summed E-state index contributed by atoms with van der Waals surface area (Å²) in [5, 5.41) is 3.52. The number of nitrogens with zero attached hydrogens (tertiary/aromatic N) is 1. The van der Waals surface area contributed by atoms with Crippen LogP contribution in [0.2, 0.25) is 5.02 Å². The summed E-state index contributed by atoms with van der Waals surface area (Å²) in [6.07, 6.45) is 0. The first-order valence-electron chi connectivity index (χ1n) is 8.06. The van der Waals surface area contributed by atoms with Gasteiger partial charge in [0.1, 0.15) is 0 Å². The van der Waals surface area contributed by atoms with Gasteiger partial charge in [-0.3, -0.25) is 9.69 Å². The number of amides is 1. The fourth-order valence-electron chi connectivity index (χ4n) is 2.92. The number of carbonyl (C=O) groups is 1. The molecule has 0 atom stereocenters. The molecule has 132 valence electrons. The van der Waals surface area contributed by atoms with Gasteiger partial charge in [0, 0.05) is 12.2 Å². The number of aryl methyl sites for hydroxylation is 2. The summed E-state index contributed by atoms with van der Waals surface area (Å²) in [6, 6.07) is 9.70. The van der Waals surface area contributed by atoms with Crippen LogP contribution in [0.4, 0.5) is 5.69 Å². The molecule has 1 amide bonds. The van der Waals surface area contributed by atoms with Gasteiger partial charge < -0.3 is 14.8 Å². The Hall–Kier alpha value is -2.24. The number of para-hydroxylation sites is 1. The van der Waals surface area contributed by atoms with E-state index >= 15 is 0 Å². The molecule has 0 spiro atoms. The zero-order valence-electron chi connectivity index (χ0n) is 14.6. The summed E-state index contributed by atoms with van der Waals surface area (Å²) in [5.74, 6) is 1.18. The molecule has 0 saturated carbocycles. The summed E-state index contributed by atoms with van der Waals surface area (Å²) in [4.78, 5) is 14.3. The molecule has 1 N–H and O–H groups in total. The van der Waals surface area contributed by atoms with E-state index in [4.69, 9.17) is 21.1 Å². The molecule has 0 aromatic heterocycles. The van der Waals surface area contributed by atoms with Gasteiger partial charge in [0.2, 0.25) is 12.7 Å². The van der Waals surface area contributed by atoms with Gasteiger partial charge in [-0.15, -0.1) is 0 Å². The van der Waals surface area contributed by atoms with E-state index in [1.54, 1.807) is 0 Å². The number of hydrogen-bond donors (Lipinski definition) is 1. The number of rotatable bonds is 5. The summed E-state index contributed by atoms with van der Waals surface area (Å²) < 4.78 is 10.7. The summed E-state index contributed by atoms with van der Waals surface area (Å²) in [7, 11) is 1.89. The minimum Gasteiger partial charge on any atom is -0.454 e. The Kier molecular flexibility index (Phi) is 5.16. The molecule has 25 heavy (non-hydrogen) atoms. The lowest BCUT2D eigenvalue weighted by Gasteiger charge is -2.18. The van der Waals surface area contributed by atoms with E-state index in [1.807, 2.05) is 56.1 Å². The van der Waals surface area contributed by atoms with Gasteiger partial charge in [-0.1, -0.05) is 29.8 Å². The Balaban J connectivity index is 1.62. The van der Waals surface area contributed by atoms with E-state index in [2.05, 4.69) is 5.32 Å². The third kappa shape index (κ3) is 4.06. The van der Waals surface area contributed by atoms with Crippen molar-refractivity contribution in [3.05, 3.63) is 52.0 Å². The molecule has 2 aromatic rings. The van der Waals surface area contributed by atoms with Crippen LogP contribution in [0.25, 0.3) is 0 Å². The summed E-state index contributed by atoms with van der Waals surface area (Å²) >= 11 is 6.20. The van der Waals surface area contributed by atoms with Gasteiger partial charge >= 0.3 is 0 Å². The van der Waals surface area contributed by atoms with E-state index < -0.39 is 0 Å². The van der Waals surface area contributed by atoms with Crippen LogP contribution in [0.5, 0.6) is 11.5 Å². The Morgan fingerprint density at radius 1 is 1.24 bits per heavy atom. The van der Waals surface area contributed by atoms with Gasteiger partial charge in [0.05, 0.1) is 11.6 Å². The number of ether oxygens (including phenoxy) is 2. The van der Waals surface area contributed by atoms with E-state index in [9.17, 15) is 4.79 Å². The van der Waals surface area contributed by atoms with Crippen molar-refractivity contribution < 1.29 is 14.3 Å². The Bertz CT molecular complexity index is 787. The van der Waals surface area contributed by atoms with Crippen LogP contribution in [-0.4, -0.2) is 31.2 Å². The molecule has 0 unspecified atom stereocenters. The molecule has 0 aliphatic carbocycles. The number of likely N-dealkylation sites (N-methyl/N-ethyl adjacent to an activating group) is 1. The van der Waals surface area contributed by atoms with Crippen LogP contribution in [0.3, 0.4) is 0 Å². The van der Waals surface area contributed by atoms with Crippen LogP contribution in [0.15, 0.2) is 30.3 Å². The van der Waals surface area contributed by atoms with E-state index in [0.717, 1.165) is 22.4 Å². The molecule has 0 radical (unpaired) electrons. The fourth-order valence-corrected chi connectivity index (χ4v) is 3.20. The Morgan fingerprint density at radius 3 is 2.68 bits per heavy atom. The third-order valence-electron chi connectivity index (χ3n) is 4.10. The standard InChI is InChI=1S/C19H21ClN2O3/c1-12-5-4-6-13(2)18(12)21-17(23)10-22(3)9-14-7-15(20)19-16(8-14)24-11-25-19/h4-8H,9-11H2,1-3H3,(H,21,23). The Morgan fingerprint density at radius 2 is 1.96 bits per heavy atom. The first-order valence-corrected chi connectivity index (χ1v) is 8.44. The van der Waals surface area contributed by atoms with Crippen molar-refractivity contribution in [2.45, 2.75) is 20.4 Å². The maximum Gasteiger partial charge on any atom is 0.238 e. The zero-order chi connectivity index (χ0) is 18.0. The molecule has 3 rings (SSSR count). The number of nitrogens with one attached hydrogen (secondary N) is 1. The highest BCUT2D eigenvalue weighted by atomic mass is 35.5. The number of hydrogen-bond acceptors (Lipinski definition) is 4. The van der Waals surface area contributed by atoms with Crippen LogP contribution in [-0.2, 0) is 11.3 Å². The van der Waals surface area contributed by atoms with Crippen LogP contribution in [0, 0.1) is 13.8 Å². The lowest BCUT2D eigenvalue weighted by molar-refractivity contribution is -0.117. The maximum absolute atomic E-state index is 12.3. The van der Waals surface area contributed by atoms with Crippen LogP contribution >= 0.6 is 11.6 Å². The smallest absolute Gasteiger partial charge is 0.238 e. The highest BCUT2D eigenvalue weighted by molar-refractivity contribution is 6.32. The second-order valence-electron chi connectivity index (χ2n) is 6.30. The van der Waals surface area contributed by atoms with Crippen molar-refractivity contribution >= 4 is 23.2 Å². The fraction of sp³-hybridized carbons (Fsp3) is 0.316. The molecular formula is C19H21ClN2O3. The second kappa shape index (κ2) is 7.33. The van der Waals surface area contributed by atoms with Gasteiger partial charge in [0.15, 0.2) is 11.5 Å². The first kappa shape index (κ1) is 17.6. The van der Waals surface area contributed by atoms with Crippen LogP contribution < -0.4 is 14.8 Å². The molecule has 1 aliphatic heterocycles. The molecule has 0 saturated heterocycles. The lowest BCUT2D eigenvalue weighted by Crippen LogP contribution is -2.30. The van der Waals surface area contributed by atoms with Crippen molar-refractivity contribution in [1.29, 1.82) is 0 Å². The van der Waals surface area contributed by atoms with Crippen molar-refractivity contribution in [2.24, 2.45) is 0 Å². The van der Waals surface area contributed by atoms with Crippen molar-refractivity contribution in [1.82, 2.24) is 4.90 Å². The molecule has 6 heteroatoms. The second-order valence-corrected chi connectivity index (χ2v) is 6.71. The molecule has 0 bridgehead atoms. The van der Waals surface area contributed by atoms with Crippen molar-refractivity contribution in [3.63, 3.8) is 0 Å². The highest BCUT2D eigenvalue weighted by Gasteiger charge is 2.19. The number of carbonyl (C=O) groups excluding carboxylic acids is 1. The molecule has 1 heterocycles. The molecule has 0 fully saturated rings. The number of benzene rings is 2. The molecule has 5 nitrogen and oxygen atoms in total. The average molecular weight is 361 g/mol. The van der Waals surface area contributed by atoms with Crippen molar-refractivity contribution in [3.8, 4) is 11.5 Å². The number of fused-ring (bicyclic) bond motifs is 1. The topological polar surface area (TPSA) is 50.8 Å². The average Bonchev–Trinajstić information content (AvgIpc) is 3.00. The Labute approximate surface area is 152 Å². The zero-order valence-corrected chi connectivity index (χ0v) is 15.3. The largest absolute Gasteiger partial charge is 0.454 e. The minimum absolute atomic E-state index is 0.0493. The molecule has 1 aliphatic rings. The highest BCUT2D eigenvalue weighted by Crippen LogP contribution is 2.39. The number of anilines is 1. The van der Waals surface area contributed by atoms with E-state index in [0.29, 0.717) is 23.1 Å². The van der Waals surface area contributed by atoms with E-state index in [-0.39, 0.29) is 19.2 Å². The first-order chi connectivity index (χ1) is 11.9. The third-order valence-corrected chi connectivity index (χ3v) is 4.38. The van der Waals surface area contributed by atoms with E-state index in [1.165, 1.54) is 0 Å². The lowest BCUT2D eigenvalue weighted by atomic mass is 10.1. The van der Waals surface area contributed by atoms with Gasteiger partial charge in [-0.05, 0) is 49.7 Å². The predicted octanol–water partition coefficient (Wildman–Crippen LogP) is 3.76. The summed E-state index contributed by atoms with van der Waals surface area (Å²) in [6.45, 7) is 5.02. The molecule has 2 aromatic carbocycles. The van der Waals surface area contributed by atoms with Gasteiger partial charge in [-0.25, -0.2) is 0 Å². The van der Waals surface area contributed by atoms with Crippen LogP contribution in [0.1, 0.15) is 16.7 Å². The maximum atomic E-state index is 12.3. The predicted molar refractivity (Wildman–Crippen MR) is 98.5 cm³/mol. The van der Waals surface area contributed by atoms with Gasteiger partial charge in [-0.2, -0.15) is 0 Å². The quantitative estimate of drug-likeness (QED) is 0.882. The van der Waals surface area contributed by atoms with Crippen molar-refractivity contribution in [2.75, 3.05) is 25.7 Å². The summed E-state index contributed by atoms with van der Waals surface area (Å²) in [5.41, 5.74) is 3.96. The number of halogens is 1. The normalized spacial score (nSPS) is 12.5. The SMILES string of the molecule is Cc1cccc(C)c1NC(=O)CN(C)Cc1cc(Cl)c2c(c1)OCO2. The monoisotopic (exact) mass is 360 g/mol. The van der Waals surface area contributed by atoms with Gasteiger partial charge in [0.25, 0.3) is 0 Å².